The van der Waals surface area contributed by atoms with Crippen molar-refractivity contribution >= 4 is 0 Å². The first kappa shape index (κ1) is 14.7. The van der Waals surface area contributed by atoms with E-state index in [4.69, 9.17) is 9.47 Å². The van der Waals surface area contributed by atoms with Gasteiger partial charge >= 0.3 is 0 Å². The average Bonchev–Trinajstić information content (AvgIpc) is 2.71. The zero-order chi connectivity index (χ0) is 14.2. The van der Waals surface area contributed by atoms with Crippen LogP contribution >= 0.6 is 0 Å². The van der Waals surface area contributed by atoms with E-state index in [1.54, 1.807) is 0 Å². The van der Waals surface area contributed by atoms with Crippen LogP contribution in [0.1, 0.15) is 45.4 Å². The average molecular weight is 273 g/mol. The van der Waals surface area contributed by atoms with Crippen LogP contribution in [0.3, 0.4) is 0 Å². The van der Waals surface area contributed by atoms with Gasteiger partial charge in [0.15, 0.2) is 11.5 Å². The number of ether oxygens (including phenoxy) is 2. The molecule has 1 fully saturated rings. The molecule has 0 saturated heterocycles. The first-order valence-electron chi connectivity index (χ1n) is 7.63. The molecule has 0 spiro atoms. The molecule has 3 heteroatoms. The van der Waals surface area contributed by atoms with Crippen LogP contribution < -0.4 is 9.47 Å². The van der Waals surface area contributed by atoms with Crippen molar-refractivity contribution in [3.05, 3.63) is 24.3 Å². The monoisotopic (exact) mass is 273 g/mol. The number of nitriles is 1. The van der Waals surface area contributed by atoms with Gasteiger partial charge in [0, 0.05) is 0 Å². The van der Waals surface area contributed by atoms with Gasteiger partial charge in [0.1, 0.15) is 6.10 Å². The fraction of sp³-hybridized carbons (Fsp3) is 0.588. The van der Waals surface area contributed by atoms with Crippen molar-refractivity contribution in [3.8, 4) is 17.6 Å². The van der Waals surface area contributed by atoms with Gasteiger partial charge in [-0.2, -0.15) is 5.26 Å². The molecule has 1 aromatic carbocycles. The van der Waals surface area contributed by atoms with Crippen molar-refractivity contribution < 1.29 is 9.47 Å². The summed E-state index contributed by atoms with van der Waals surface area (Å²) in [7, 11) is 0. The summed E-state index contributed by atoms with van der Waals surface area (Å²) >= 11 is 0. The van der Waals surface area contributed by atoms with E-state index in [0.29, 0.717) is 6.61 Å². The summed E-state index contributed by atoms with van der Waals surface area (Å²) in [6, 6.07) is 10.2. The second kappa shape index (κ2) is 7.79. The first-order valence-corrected chi connectivity index (χ1v) is 7.63. The SMILES string of the molecule is CCCOc1ccccc1OC1CCCCCC1C#N. The Morgan fingerprint density at radius 1 is 1.15 bits per heavy atom. The zero-order valence-electron chi connectivity index (χ0n) is 12.2. The van der Waals surface area contributed by atoms with Gasteiger partial charge in [0.05, 0.1) is 18.6 Å². The highest BCUT2D eigenvalue weighted by Gasteiger charge is 2.26. The molecule has 108 valence electrons. The molecule has 2 unspecified atom stereocenters. The molecule has 20 heavy (non-hydrogen) atoms. The van der Waals surface area contributed by atoms with Crippen LogP contribution in [0.4, 0.5) is 0 Å². The number of rotatable bonds is 5. The fourth-order valence-electron chi connectivity index (χ4n) is 2.60. The van der Waals surface area contributed by atoms with Crippen molar-refractivity contribution in [2.75, 3.05) is 6.61 Å². The molecule has 2 rings (SSSR count). The van der Waals surface area contributed by atoms with E-state index in [2.05, 4.69) is 13.0 Å². The van der Waals surface area contributed by atoms with Gasteiger partial charge in [-0.15, -0.1) is 0 Å². The van der Waals surface area contributed by atoms with Crippen LogP contribution in [0.5, 0.6) is 11.5 Å². The van der Waals surface area contributed by atoms with Gasteiger partial charge in [-0.1, -0.05) is 31.9 Å². The minimum absolute atomic E-state index is 0.00303. The lowest BCUT2D eigenvalue weighted by atomic mass is 9.99. The molecule has 0 radical (unpaired) electrons. The molecular weight excluding hydrogens is 250 g/mol. The second-order valence-electron chi connectivity index (χ2n) is 5.33. The van der Waals surface area contributed by atoms with Crippen molar-refractivity contribution in [2.45, 2.75) is 51.6 Å². The second-order valence-corrected chi connectivity index (χ2v) is 5.33. The number of nitrogens with zero attached hydrogens (tertiary/aromatic N) is 1. The van der Waals surface area contributed by atoms with E-state index in [-0.39, 0.29) is 12.0 Å². The Bertz CT molecular complexity index is 453. The van der Waals surface area contributed by atoms with Gasteiger partial charge in [-0.3, -0.25) is 0 Å². The maximum Gasteiger partial charge on any atom is 0.161 e. The summed E-state index contributed by atoms with van der Waals surface area (Å²) in [6.07, 6.45) is 6.34. The van der Waals surface area contributed by atoms with Crippen molar-refractivity contribution in [3.63, 3.8) is 0 Å². The zero-order valence-corrected chi connectivity index (χ0v) is 12.2. The predicted octanol–water partition coefficient (Wildman–Crippen LogP) is 4.33. The maximum atomic E-state index is 9.31. The van der Waals surface area contributed by atoms with E-state index in [9.17, 15) is 5.26 Å². The lowest BCUT2D eigenvalue weighted by Crippen LogP contribution is -2.25. The fourth-order valence-corrected chi connectivity index (χ4v) is 2.60. The summed E-state index contributed by atoms with van der Waals surface area (Å²) in [4.78, 5) is 0. The minimum Gasteiger partial charge on any atom is -0.490 e. The van der Waals surface area contributed by atoms with E-state index in [1.165, 1.54) is 6.42 Å². The smallest absolute Gasteiger partial charge is 0.161 e. The normalized spacial score (nSPS) is 22.6. The minimum atomic E-state index is -0.00567. The van der Waals surface area contributed by atoms with E-state index >= 15 is 0 Å². The van der Waals surface area contributed by atoms with Gasteiger partial charge in [0.2, 0.25) is 0 Å². The van der Waals surface area contributed by atoms with E-state index in [1.807, 2.05) is 24.3 Å². The summed E-state index contributed by atoms with van der Waals surface area (Å²) in [5, 5.41) is 9.31. The number of para-hydroxylation sites is 2. The van der Waals surface area contributed by atoms with E-state index < -0.39 is 0 Å². The van der Waals surface area contributed by atoms with Gasteiger partial charge in [-0.25, -0.2) is 0 Å². The number of hydrogen-bond acceptors (Lipinski definition) is 3. The molecule has 0 N–H and O–H groups in total. The Morgan fingerprint density at radius 2 is 1.90 bits per heavy atom. The largest absolute Gasteiger partial charge is 0.490 e. The molecule has 0 aromatic heterocycles. The number of hydrogen-bond donors (Lipinski definition) is 0. The lowest BCUT2D eigenvalue weighted by molar-refractivity contribution is 0.144. The highest BCUT2D eigenvalue weighted by Crippen LogP contribution is 2.32. The summed E-state index contributed by atoms with van der Waals surface area (Å²) in [5.74, 6) is 1.56. The molecule has 0 heterocycles. The molecule has 0 amide bonds. The predicted molar refractivity (Wildman–Crippen MR) is 78.8 cm³/mol. The molecular formula is C17H23NO2. The summed E-state index contributed by atoms with van der Waals surface area (Å²) in [6.45, 7) is 2.77. The Labute approximate surface area is 121 Å². The summed E-state index contributed by atoms with van der Waals surface area (Å²) in [5.41, 5.74) is 0. The Hall–Kier alpha value is -1.69. The topological polar surface area (TPSA) is 42.2 Å². The molecule has 3 nitrogen and oxygen atoms in total. The third-order valence-corrected chi connectivity index (χ3v) is 3.71. The molecule has 1 aliphatic rings. The first-order chi connectivity index (χ1) is 9.85. The maximum absolute atomic E-state index is 9.31. The van der Waals surface area contributed by atoms with Crippen LogP contribution in [0, 0.1) is 17.2 Å². The van der Waals surface area contributed by atoms with Crippen molar-refractivity contribution in [2.24, 2.45) is 5.92 Å². The molecule has 1 aliphatic carbocycles. The third kappa shape index (κ3) is 3.90. The highest BCUT2D eigenvalue weighted by atomic mass is 16.5. The van der Waals surface area contributed by atoms with Gasteiger partial charge in [0.25, 0.3) is 0 Å². The van der Waals surface area contributed by atoms with Gasteiger partial charge in [-0.05, 0) is 37.8 Å². The number of benzene rings is 1. The standard InChI is InChI=1S/C17H23NO2/c1-2-12-19-16-10-6-7-11-17(16)20-15-9-5-3-4-8-14(15)13-18/h6-7,10-11,14-15H,2-5,8-9,12H2,1H3. The van der Waals surface area contributed by atoms with Gasteiger partial charge < -0.3 is 9.47 Å². The quantitative estimate of drug-likeness (QED) is 0.750. The molecule has 0 aliphatic heterocycles. The molecule has 1 aromatic rings. The van der Waals surface area contributed by atoms with Crippen LogP contribution in [-0.2, 0) is 0 Å². The summed E-state index contributed by atoms with van der Waals surface area (Å²) < 4.78 is 11.8. The van der Waals surface area contributed by atoms with Crippen molar-refractivity contribution in [1.29, 1.82) is 5.26 Å². The Balaban J connectivity index is 2.09. The van der Waals surface area contributed by atoms with Crippen LogP contribution in [0.25, 0.3) is 0 Å². The lowest BCUT2D eigenvalue weighted by Gasteiger charge is -2.22. The molecule has 0 bridgehead atoms. The third-order valence-electron chi connectivity index (χ3n) is 3.71. The van der Waals surface area contributed by atoms with Crippen LogP contribution in [0.15, 0.2) is 24.3 Å². The Kier molecular flexibility index (Phi) is 5.73. The van der Waals surface area contributed by atoms with Crippen molar-refractivity contribution in [1.82, 2.24) is 0 Å². The Morgan fingerprint density at radius 3 is 2.65 bits per heavy atom. The van der Waals surface area contributed by atoms with Crippen LogP contribution in [0.2, 0.25) is 0 Å². The molecule has 1 saturated carbocycles. The molecule has 2 atom stereocenters. The highest BCUT2D eigenvalue weighted by molar-refractivity contribution is 5.39. The van der Waals surface area contributed by atoms with E-state index in [0.717, 1.165) is 43.6 Å². The van der Waals surface area contributed by atoms with Crippen LogP contribution in [-0.4, -0.2) is 12.7 Å².